The van der Waals surface area contributed by atoms with Crippen molar-refractivity contribution in [3.63, 3.8) is 0 Å². The molecule has 0 fully saturated rings. The Morgan fingerprint density at radius 2 is 2.39 bits per heavy atom. The van der Waals surface area contributed by atoms with Crippen molar-refractivity contribution in [2.45, 2.75) is 6.92 Å². The second kappa shape index (κ2) is 4.96. The number of carbonyl (C=O) groups excluding carboxylic acids is 1. The van der Waals surface area contributed by atoms with E-state index in [4.69, 9.17) is 5.21 Å². The lowest BCUT2D eigenvalue weighted by atomic mass is 10.3. The van der Waals surface area contributed by atoms with E-state index >= 15 is 0 Å². The average molecular weight is 265 g/mol. The van der Waals surface area contributed by atoms with Crippen LogP contribution >= 0.6 is 11.3 Å². The third-order valence-electron chi connectivity index (χ3n) is 2.21. The SMILES string of the molecule is CC(=NO)c1csc(NC(=O)c2cnn(C)c2)n1. The van der Waals surface area contributed by atoms with Crippen LogP contribution in [-0.4, -0.2) is 31.6 Å². The number of rotatable bonds is 3. The Kier molecular flexibility index (Phi) is 3.38. The van der Waals surface area contributed by atoms with Gasteiger partial charge in [0.05, 0.1) is 11.8 Å². The van der Waals surface area contributed by atoms with E-state index in [2.05, 4.69) is 20.6 Å². The van der Waals surface area contributed by atoms with Gasteiger partial charge in [0, 0.05) is 18.6 Å². The van der Waals surface area contributed by atoms with Crippen LogP contribution in [0.25, 0.3) is 0 Å². The fourth-order valence-electron chi connectivity index (χ4n) is 1.26. The molecule has 2 aromatic rings. The van der Waals surface area contributed by atoms with Gasteiger partial charge in [-0.1, -0.05) is 5.16 Å². The van der Waals surface area contributed by atoms with Gasteiger partial charge in [0.2, 0.25) is 0 Å². The zero-order chi connectivity index (χ0) is 13.1. The van der Waals surface area contributed by atoms with E-state index in [0.717, 1.165) is 0 Å². The highest BCUT2D eigenvalue weighted by Crippen LogP contribution is 2.16. The first-order valence-corrected chi connectivity index (χ1v) is 5.92. The molecule has 0 radical (unpaired) electrons. The second-order valence-corrected chi connectivity index (χ2v) is 4.44. The van der Waals surface area contributed by atoms with Crippen LogP contribution in [0.2, 0.25) is 0 Å². The minimum absolute atomic E-state index is 0.275. The minimum Gasteiger partial charge on any atom is -0.411 e. The van der Waals surface area contributed by atoms with E-state index in [9.17, 15) is 4.79 Å². The second-order valence-electron chi connectivity index (χ2n) is 3.58. The van der Waals surface area contributed by atoms with Gasteiger partial charge in [-0.15, -0.1) is 11.3 Å². The van der Waals surface area contributed by atoms with Gasteiger partial charge in [-0.2, -0.15) is 5.10 Å². The molecule has 2 heterocycles. The van der Waals surface area contributed by atoms with Crippen LogP contribution < -0.4 is 5.32 Å². The monoisotopic (exact) mass is 265 g/mol. The number of hydrogen-bond acceptors (Lipinski definition) is 6. The van der Waals surface area contributed by atoms with Gasteiger partial charge in [0.1, 0.15) is 11.4 Å². The smallest absolute Gasteiger partial charge is 0.260 e. The third-order valence-corrected chi connectivity index (χ3v) is 2.97. The highest BCUT2D eigenvalue weighted by atomic mass is 32.1. The molecule has 0 aliphatic carbocycles. The van der Waals surface area contributed by atoms with Crippen molar-refractivity contribution in [3.8, 4) is 0 Å². The first-order chi connectivity index (χ1) is 8.60. The highest BCUT2D eigenvalue weighted by molar-refractivity contribution is 7.14. The molecule has 7 nitrogen and oxygen atoms in total. The topological polar surface area (TPSA) is 92.4 Å². The minimum atomic E-state index is -0.275. The summed E-state index contributed by atoms with van der Waals surface area (Å²) in [6.45, 7) is 1.63. The normalized spacial score (nSPS) is 11.6. The maximum atomic E-state index is 11.8. The Balaban J connectivity index is 2.10. The Morgan fingerprint density at radius 1 is 1.61 bits per heavy atom. The van der Waals surface area contributed by atoms with Crippen LogP contribution in [0.4, 0.5) is 5.13 Å². The summed E-state index contributed by atoms with van der Waals surface area (Å²) < 4.78 is 1.55. The summed E-state index contributed by atoms with van der Waals surface area (Å²) in [4.78, 5) is 15.9. The van der Waals surface area contributed by atoms with Gasteiger partial charge in [0.25, 0.3) is 5.91 Å². The van der Waals surface area contributed by atoms with Crippen molar-refractivity contribution in [2.24, 2.45) is 12.2 Å². The largest absolute Gasteiger partial charge is 0.411 e. The van der Waals surface area contributed by atoms with Crippen LogP contribution in [-0.2, 0) is 7.05 Å². The van der Waals surface area contributed by atoms with Crippen LogP contribution in [0, 0.1) is 0 Å². The molecular weight excluding hydrogens is 254 g/mol. The number of hydrogen-bond donors (Lipinski definition) is 2. The molecule has 0 atom stereocenters. The van der Waals surface area contributed by atoms with Gasteiger partial charge in [0.15, 0.2) is 5.13 Å². The number of aromatic nitrogens is 3. The molecule has 0 unspecified atom stereocenters. The number of oxime groups is 1. The van der Waals surface area contributed by atoms with Gasteiger partial charge in [-0.05, 0) is 6.92 Å². The molecular formula is C10H11N5O2S. The van der Waals surface area contributed by atoms with Crippen LogP contribution in [0.1, 0.15) is 23.0 Å². The summed E-state index contributed by atoms with van der Waals surface area (Å²) in [5.74, 6) is -0.275. The molecule has 1 amide bonds. The van der Waals surface area contributed by atoms with Crippen molar-refractivity contribution in [2.75, 3.05) is 5.32 Å². The fourth-order valence-corrected chi connectivity index (χ4v) is 2.01. The van der Waals surface area contributed by atoms with E-state index in [1.54, 1.807) is 30.2 Å². The van der Waals surface area contributed by atoms with Crippen LogP contribution in [0.15, 0.2) is 22.9 Å². The van der Waals surface area contributed by atoms with E-state index < -0.39 is 0 Å². The number of nitrogens with one attached hydrogen (secondary N) is 1. The average Bonchev–Trinajstić information content (AvgIpc) is 2.97. The fraction of sp³-hybridized carbons (Fsp3) is 0.200. The lowest BCUT2D eigenvalue weighted by Gasteiger charge is -1.97. The molecule has 0 saturated carbocycles. The summed E-state index contributed by atoms with van der Waals surface area (Å²) in [6, 6.07) is 0. The molecule has 8 heteroatoms. The number of thiazole rings is 1. The Bertz CT molecular complexity index is 601. The van der Waals surface area contributed by atoms with E-state index in [1.807, 2.05) is 0 Å². The van der Waals surface area contributed by atoms with Crippen molar-refractivity contribution in [1.82, 2.24) is 14.8 Å². The molecule has 0 spiro atoms. The van der Waals surface area contributed by atoms with Gasteiger partial charge >= 0.3 is 0 Å². The molecule has 94 valence electrons. The first-order valence-electron chi connectivity index (χ1n) is 5.04. The summed E-state index contributed by atoms with van der Waals surface area (Å²) in [7, 11) is 1.74. The maximum Gasteiger partial charge on any atom is 0.260 e. The molecule has 0 aromatic carbocycles. The number of nitrogens with zero attached hydrogens (tertiary/aromatic N) is 4. The lowest BCUT2D eigenvalue weighted by molar-refractivity contribution is 0.102. The molecule has 0 bridgehead atoms. The first kappa shape index (κ1) is 12.2. The van der Waals surface area contributed by atoms with E-state index in [1.165, 1.54) is 17.5 Å². The third kappa shape index (κ3) is 2.54. The predicted molar refractivity (Wildman–Crippen MR) is 67.3 cm³/mol. The molecule has 2 aromatic heterocycles. The van der Waals surface area contributed by atoms with Crippen molar-refractivity contribution < 1.29 is 10.0 Å². The number of amides is 1. The molecule has 0 aliphatic rings. The molecule has 18 heavy (non-hydrogen) atoms. The van der Waals surface area contributed by atoms with Gasteiger partial charge < -0.3 is 5.21 Å². The van der Waals surface area contributed by atoms with Gasteiger partial charge in [-0.3, -0.25) is 14.8 Å². The Morgan fingerprint density at radius 3 is 3.00 bits per heavy atom. The highest BCUT2D eigenvalue weighted by Gasteiger charge is 2.11. The Labute approximate surface area is 107 Å². The zero-order valence-electron chi connectivity index (χ0n) is 9.78. The number of anilines is 1. The molecule has 0 aliphatic heterocycles. The summed E-state index contributed by atoms with van der Waals surface area (Å²) in [6.07, 6.45) is 3.09. The molecule has 0 saturated heterocycles. The van der Waals surface area contributed by atoms with Gasteiger partial charge in [-0.25, -0.2) is 4.98 Å². The van der Waals surface area contributed by atoms with E-state index in [-0.39, 0.29) is 5.91 Å². The molecule has 2 N–H and O–H groups in total. The Hall–Kier alpha value is -2.22. The standard InChI is InChI=1S/C10H11N5O2S/c1-6(14-17)8-5-18-10(12-8)13-9(16)7-3-11-15(2)4-7/h3-5,17H,1-2H3,(H,12,13,16). The zero-order valence-corrected chi connectivity index (χ0v) is 10.6. The number of aryl methyl sites for hydroxylation is 1. The lowest BCUT2D eigenvalue weighted by Crippen LogP contribution is -2.11. The van der Waals surface area contributed by atoms with Crippen molar-refractivity contribution in [3.05, 3.63) is 29.0 Å². The quantitative estimate of drug-likeness (QED) is 0.497. The maximum absolute atomic E-state index is 11.8. The number of carbonyl (C=O) groups is 1. The predicted octanol–water partition coefficient (Wildman–Crippen LogP) is 1.33. The van der Waals surface area contributed by atoms with Crippen molar-refractivity contribution in [1.29, 1.82) is 0 Å². The van der Waals surface area contributed by atoms with Crippen molar-refractivity contribution >= 4 is 28.1 Å². The summed E-state index contributed by atoms with van der Waals surface area (Å²) in [5, 5.41) is 20.4. The molecule has 2 rings (SSSR count). The van der Waals surface area contributed by atoms with E-state index in [0.29, 0.717) is 22.1 Å². The summed E-state index contributed by atoms with van der Waals surface area (Å²) in [5.41, 5.74) is 1.39. The van der Waals surface area contributed by atoms with Crippen LogP contribution in [0.3, 0.4) is 0 Å². The van der Waals surface area contributed by atoms with Crippen LogP contribution in [0.5, 0.6) is 0 Å². The summed E-state index contributed by atoms with van der Waals surface area (Å²) >= 11 is 1.26.